The fourth-order valence-corrected chi connectivity index (χ4v) is 3.80. The summed E-state index contributed by atoms with van der Waals surface area (Å²) < 4.78 is 104. The van der Waals surface area contributed by atoms with Gasteiger partial charge in [-0.3, -0.25) is 14.4 Å². The Morgan fingerprint density at radius 2 is 1.87 bits per heavy atom. The molecule has 0 spiro atoms. The zero-order valence-corrected chi connectivity index (χ0v) is 20.3. The van der Waals surface area contributed by atoms with Crippen LogP contribution in [0, 0.1) is 5.82 Å². The summed E-state index contributed by atoms with van der Waals surface area (Å²) in [5.74, 6) is -8.71. The molecule has 1 atom stereocenters. The first-order valence-corrected chi connectivity index (χ1v) is 11.4. The Hall–Kier alpha value is -4.10. The van der Waals surface area contributed by atoms with E-state index in [-0.39, 0.29) is 11.4 Å². The fourth-order valence-electron chi connectivity index (χ4n) is 3.80. The van der Waals surface area contributed by atoms with E-state index >= 15 is 8.78 Å². The van der Waals surface area contributed by atoms with Crippen LogP contribution in [0.15, 0.2) is 42.5 Å². The van der Waals surface area contributed by atoms with Gasteiger partial charge in [0.2, 0.25) is 11.8 Å². The number of hydrogen-bond acceptors (Lipinski definition) is 4. The maximum atomic E-state index is 15.2. The highest BCUT2D eigenvalue weighted by molar-refractivity contribution is 6.10. The minimum absolute atomic E-state index is 0.375. The van der Waals surface area contributed by atoms with E-state index in [0.717, 1.165) is 31.2 Å². The van der Waals surface area contributed by atoms with Gasteiger partial charge in [-0.2, -0.15) is 13.2 Å². The first-order valence-electron chi connectivity index (χ1n) is 11.4. The number of benzene rings is 2. The molecule has 1 heterocycles. The van der Waals surface area contributed by atoms with Crippen LogP contribution in [0.2, 0.25) is 0 Å². The molecular formula is C25H22F7N3O4. The van der Waals surface area contributed by atoms with Gasteiger partial charge in [0.05, 0.1) is 23.4 Å². The average Bonchev–Trinajstić information content (AvgIpc) is 2.94. The second kappa shape index (κ2) is 11.3. The van der Waals surface area contributed by atoms with E-state index in [1.165, 1.54) is 0 Å². The Morgan fingerprint density at radius 1 is 1.18 bits per heavy atom. The maximum absolute atomic E-state index is 15.2. The lowest BCUT2D eigenvalue weighted by atomic mass is 9.96. The molecule has 0 radical (unpaired) electrons. The number of nitrogens with one attached hydrogen (secondary N) is 1. The van der Waals surface area contributed by atoms with Crippen LogP contribution in [0.4, 0.5) is 36.4 Å². The summed E-state index contributed by atoms with van der Waals surface area (Å²) in [6.07, 6.45) is -7.30. The van der Waals surface area contributed by atoms with Crippen LogP contribution in [0.1, 0.15) is 34.8 Å². The smallest absolute Gasteiger partial charge is 0.417 e. The number of fused-ring (bicyclic) bond motifs is 1. The lowest BCUT2D eigenvalue weighted by molar-refractivity contribution is -0.138. The number of carbonyl (C=O) groups excluding carboxylic acids is 3. The van der Waals surface area contributed by atoms with Crippen LogP contribution in [0.25, 0.3) is 5.57 Å². The first kappa shape index (κ1) is 29.5. The van der Waals surface area contributed by atoms with Crippen molar-refractivity contribution in [1.82, 2.24) is 5.32 Å². The van der Waals surface area contributed by atoms with E-state index in [4.69, 9.17) is 10.5 Å². The van der Waals surface area contributed by atoms with Gasteiger partial charge in [-0.05, 0) is 43.3 Å². The lowest BCUT2D eigenvalue weighted by Crippen LogP contribution is -2.34. The number of ether oxygens (including phenoxy) is 1. The molecule has 2 aromatic carbocycles. The van der Waals surface area contributed by atoms with Gasteiger partial charge in [0.25, 0.3) is 11.8 Å². The molecule has 0 fully saturated rings. The number of anilines is 1. The number of carbonyl (C=O) groups is 3. The van der Waals surface area contributed by atoms with Crippen LogP contribution in [-0.2, 0) is 15.8 Å². The predicted octanol–water partition coefficient (Wildman–Crippen LogP) is 4.25. The molecule has 1 aliphatic rings. The van der Waals surface area contributed by atoms with Gasteiger partial charge in [0.1, 0.15) is 24.3 Å². The van der Waals surface area contributed by atoms with E-state index < -0.39 is 90.2 Å². The quantitative estimate of drug-likeness (QED) is 0.390. The number of primary amides is 1. The summed E-state index contributed by atoms with van der Waals surface area (Å²) in [6, 6.07) is 4.60. The molecular weight excluding hydrogens is 539 g/mol. The van der Waals surface area contributed by atoms with E-state index in [0.29, 0.717) is 23.1 Å². The highest BCUT2D eigenvalue weighted by Crippen LogP contribution is 2.44. The predicted molar refractivity (Wildman–Crippen MR) is 125 cm³/mol. The highest BCUT2D eigenvalue weighted by atomic mass is 19.4. The van der Waals surface area contributed by atoms with Gasteiger partial charge < -0.3 is 20.7 Å². The summed E-state index contributed by atoms with van der Waals surface area (Å²) in [5, 5.41) is 1.98. The van der Waals surface area contributed by atoms with Crippen LogP contribution in [0.3, 0.4) is 0 Å². The third-order valence-corrected chi connectivity index (χ3v) is 5.55. The Kier molecular flexibility index (Phi) is 8.56. The number of nitrogens with two attached hydrogens (primary N) is 1. The number of hydrogen-bond donors (Lipinski definition) is 2. The van der Waals surface area contributed by atoms with E-state index in [1.54, 1.807) is 0 Å². The zero-order valence-electron chi connectivity index (χ0n) is 20.3. The molecule has 0 unspecified atom stereocenters. The average molecular weight is 561 g/mol. The lowest BCUT2D eigenvalue weighted by Gasteiger charge is -2.25. The molecule has 210 valence electrons. The van der Waals surface area contributed by atoms with Crippen molar-refractivity contribution < 1.29 is 49.9 Å². The minimum Gasteiger partial charge on any atom is -0.491 e. The van der Waals surface area contributed by atoms with Crippen LogP contribution in [-0.4, -0.2) is 49.5 Å². The van der Waals surface area contributed by atoms with Crippen molar-refractivity contribution in [3.63, 3.8) is 0 Å². The van der Waals surface area contributed by atoms with E-state index in [9.17, 15) is 36.3 Å². The van der Waals surface area contributed by atoms with Crippen LogP contribution < -0.4 is 20.7 Å². The molecule has 0 saturated carbocycles. The normalized spacial score (nSPS) is 16.7. The Morgan fingerprint density at radius 3 is 2.49 bits per heavy atom. The van der Waals surface area contributed by atoms with Crippen molar-refractivity contribution in [2.24, 2.45) is 5.73 Å². The van der Waals surface area contributed by atoms with Crippen molar-refractivity contribution >= 4 is 29.0 Å². The topological polar surface area (TPSA) is 102 Å². The molecule has 0 aromatic heterocycles. The molecule has 0 aliphatic carbocycles. The molecule has 0 saturated heterocycles. The number of amides is 3. The number of nitrogens with zero attached hydrogens (tertiary/aromatic N) is 1. The zero-order chi connectivity index (χ0) is 29.1. The Bertz CT molecular complexity index is 1310. The van der Waals surface area contributed by atoms with Crippen molar-refractivity contribution in [3.05, 3.63) is 65.0 Å². The number of allylic oxidation sites excluding steroid dienone is 1. The Labute approximate surface area is 217 Å². The van der Waals surface area contributed by atoms with Crippen LogP contribution >= 0.6 is 0 Å². The summed E-state index contributed by atoms with van der Waals surface area (Å²) in [5.41, 5.74) is 0.512. The molecule has 3 amide bonds. The van der Waals surface area contributed by atoms with Crippen molar-refractivity contribution in [3.8, 4) is 5.75 Å². The van der Waals surface area contributed by atoms with Gasteiger partial charge in [-0.25, -0.2) is 17.6 Å². The molecule has 1 aliphatic heterocycles. The van der Waals surface area contributed by atoms with Gasteiger partial charge in [0, 0.05) is 30.2 Å². The van der Waals surface area contributed by atoms with E-state index in [1.807, 2.05) is 5.32 Å². The van der Waals surface area contributed by atoms with Gasteiger partial charge in [-0.15, -0.1) is 0 Å². The van der Waals surface area contributed by atoms with Crippen molar-refractivity contribution in [2.45, 2.75) is 31.6 Å². The molecule has 39 heavy (non-hydrogen) atoms. The SMILES string of the molecule is C[C@H](F)COc1ccc(C(=O)N2CCC(F)(F)C(=CC(=O)NCC(N)=O)c3cc(F)ccc32)c(C(F)(F)F)c1. The van der Waals surface area contributed by atoms with Crippen LogP contribution in [0.5, 0.6) is 5.75 Å². The summed E-state index contributed by atoms with van der Waals surface area (Å²) in [6.45, 7) is -0.909. The largest absolute Gasteiger partial charge is 0.491 e. The fraction of sp³-hybridized carbons (Fsp3) is 0.320. The number of rotatable bonds is 7. The van der Waals surface area contributed by atoms with Crippen molar-refractivity contribution in [2.75, 3.05) is 24.6 Å². The molecule has 3 N–H and O–H groups in total. The molecule has 3 rings (SSSR count). The standard InChI is InChI=1S/C25H22F7N3O4/c1-13(26)12-39-15-3-4-16(19(9-15)25(30,31)32)23(38)35-7-6-24(28,29)18(10-22(37)34-11-21(33)36)17-8-14(27)2-5-20(17)35/h2-5,8-10,13H,6-7,11-12H2,1H3,(H2,33,36)(H,34,37)/t13-/m0/s1. The third-order valence-electron chi connectivity index (χ3n) is 5.55. The second-order valence-corrected chi connectivity index (χ2v) is 8.61. The van der Waals surface area contributed by atoms with Gasteiger partial charge in [-0.1, -0.05) is 0 Å². The monoisotopic (exact) mass is 561 g/mol. The third kappa shape index (κ3) is 7.06. The second-order valence-electron chi connectivity index (χ2n) is 8.61. The summed E-state index contributed by atoms with van der Waals surface area (Å²) in [4.78, 5) is 37.1. The summed E-state index contributed by atoms with van der Waals surface area (Å²) >= 11 is 0. The molecule has 7 nitrogen and oxygen atoms in total. The van der Waals surface area contributed by atoms with Crippen molar-refractivity contribution in [1.29, 1.82) is 0 Å². The van der Waals surface area contributed by atoms with E-state index in [2.05, 4.69) is 0 Å². The highest BCUT2D eigenvalue weighted by Gasteiger charge is 2.43. The number of halogens is 7. The van der Waals surface area contributed by atoms with Gasteiger partial charge in [0.15, 0.2) is 0 Å². The summed E-state index contributed by atoms with van der Waals surface area (Å²) in [7, 11) is 0. The molecule has 14 heteroatoms. The molecule has 0 bridgehead atoms. The maximum Gasteiger partial charge on any atom is 0.417 e. The minimum atomic E-state index is -5.09. The number of alkyl halides is 6. The molecule has 2 aromatic rings. The first-order chi connectivity index (χ1) is 18.1. The Balaban J connectivity index is 2.11. The van der Waals surface area contributed by atoms with Gasteiger partial charge >= 0.3 is 6.18 Å².